The number of aliphatic hydroxyl groups is 1. The molecule has 174 valence electrons. The number of thiazole rings is 1. The molecule has 4 N–H and O–H groups in total. The summed E-state index contributed by atoms with van der Waals surface area (Å²) in [5, 5.41) is 30.2. The lowest BCUT2D eigenvalue weighted by Gasteiger charge is -2.07. The fraction of sp³-hybridized carbons (Fsp3) is 0.167. The summed E-state index contributed by atoms with van der Waals surface area (Å²) in [6, 6.07) is 11.8. The molecule has 0 saturated carbocycles. The summed E-state index contributed by atoms with van der Waals surface area (Å²) < 4.78 is 4.30. The predicted molar refractivity (Wildman–Crippen MR) is 136 cm³/mol. The van der Waals surface area contributed by atoms with Crippen LogP contribution in [0.3, 0.4) is 0 Å². The third-order valence-corrected chi connectivity index (χ3v) is 7.61. The molecular formula is C24H20N8O2S. The van der Waals surface area contributed by atoms with Crippen molar-refractivity contribution >= 4 is 54.9 Å². The molecule has 5 heterocycles. The molecule has 1 atom stereocenters. The third-order valence-electron chi connectivity index (χ3n) is 6.53. The first-order valence-electron chi connectivity index (χ1n) is 11.1. The summed E-state index contributed by atoms with van der Waals surface area (Å²) in [5.41, 5.74) is 5.93. The quantitative estimate of drug-likeness (QED) is 0.303. The van der Waals surface area contributed by atoms with Crippen LogP contribution in [0.4, 0.5) is 11.4 Å². The molecule has 7 rings (SSSR count). The van der Waals surface area contributed by atoms with E-state index in [2.05, 4.69) is 25.9 Å². The molecule has 2 aromatic carbocycles. The van der Waals surface area contributed by atoms with Gasteiger partial charge in [0, 0.05) is 24.2 Å². The highest BCUT2D eigenvalue weighted by Gasteiger charge is 2.22. The van der Waals surface area contributed by atoms with Gasteiger partial charge in [0.1, 0.15) is 10.5 Å². The fourth-order valence-electron chi connectivity index (χ4n) is 4.87. The number of hydrogen-bond donors (Lipinski definition) is 4. The van der Waals surface area contributed by atoms with Crippen LogP contribution in [0.5, 0.6) is 0 Å². The normalized spacial score (nSPS) is 15.1. The maximum absolute atomic E-state index is 13.4. The highest BCUT2D eigenvalue weighted by Crippen LogP contribution is 2.36. The number of nitrogens with one attached hydrogen (secondary N) is 3. The average molecular weight is 485 g/mol. The molecule has 1 aliphatic rings. The van der Waals surface area contributed by atoms with Gasteiger partial charge in [0.05, 0.1) is 40.5 Å². The Kier molecular flexibility index (Phi) is 4.26. The monoisotopic (exact) mass is 484 g/mol. The molecule has 0 spiro atoms. The zero-order chi connectivity index (χ0) is 23.7. The van der Waals surface area contributed by atoms with Crippen molar-refractivity contribution in [1.82, 2.24) is 29.5 Å². The number of aromatic nitrogens is 6. The number of aliphatic hydroxyl groups excluding tert-OH is 1. The molecule has 0 fully saturated rings. The number of hydrogen-bond acceptors (Lipinski definition) is 8. The second-order valence-corrected chi connectivity index (χ2v) is 9.73. The molecule has 35 heavy (non-hydrogen) atoms. The van der Waals surface area contributed by atoms with E-state index in [0.29, 0.717) is 18.5 Å². The molecule has 0 saturated heterocycles. The molecule has 1 aliphatic heterocycles. The van der Waals surface area contributed by atoms with Gasteiger partial charge in [-0.05, 0) is 23.3 Å². The minimum absolute atomic E-state index is 0.151. The number of nitrogens with zero attached hydrogens (tertiary/aromatic N) is 5. The largest absolute Gasteiger partial charge is 0.357 e. The summed E-state index contributed by atoms with van der Waals surface area (Å²) in [7, 11) is 1.87. The molecule has 11 heteroatoms. The van der Waals surface area contributed by atoms with Crippen molar-refractivity contribution < 1.29 is 5.11 Å². The smallest absolute Gasteiger partial charge is 0.291 e. The van der Waals surface area contributed by atoms with Crippen molar-refractivity contribution in [2.75, 3.05) is 10.6 Å². The lowest BCUT2D eigenvalue weighted by atomic mass is 10.1. The SMILES string of the molecule is Cn1c2nc(Cc3cccc4c3NC(O)N4)sc2c2cnn(Cc3cccc4[nH]ncc34)c(=O)c21. The van der Waals surface area contributed by atoms with Crippen LogP contribution in [0.25, 0.3) is 32.2 Å². The molecule has 0 aliphatic carbocycles. The Labute approximate surface area is 201 Å². The van der Waals surface area contributed by atoms with Crippen molar-refractivity contribution in [3.63, 3.8) is 0 Å². The Bertz CT molecular complexity index is 1830. The number of aryl methyl sites for hydroxylation is 1. The first-order valence-corrected chi connectivity index (χ1v) is 12.0. The second-order valence-electron chi connectivity index (χ2n) is 8.65. The van der Waals surface area contributed by atoms with Gasteiger partial charge in [0.25, 0.3) is 5.56 Å². The summed E-state index contributed by atoms with van der Waals surface area (Å²) in [4.78, 5) is 18.3. The van der Waals surface area contributed by atoms with E-state index in [1.54, 1.807) is 23.7 Å². The lowest BCUT2D eigenvalue weighted by Crippen LogP contribution is -2.24. The Hall–Kier alpha value is -4.22. The Morgan fingerprint density at radius 3 is 2.86 bits per heavy atom. The fourth-order valence-corrected chi connectivity index (χ4v) is 6.00. The van der Waals surface area contributed by atoms with Gasteiger partial charge in [0.15, 0.2) is 5.65 Å². The van der Waals surface area contributed by atoms with E-state index in [9.17, 15) is 9.90 Å². The van der Waals surface area contributed by atoms with Crippen LogP contribution in [0, 0.1) is 0 Å². The minimum atomic E-state index is -0.792. The third kappa shape index (κ3) is 3.05. The van der Waals surface area contributed by atoms with Gasteiger partial charge < -0.3 is 20.3 Å². The van der Waals surface area contributed by atoms with Crippen molar-refractivity contribution in [3.05, 3.63) is 75.3 Å². The maximum atomic E-state index is 13.4. The van der Waals surface area contributed by atoms with Crippen molar-refractivity contribution in [2.45, 2.75) is 19.3 Å². The number of anilines is 2. The number of benzene rings is 2. The van der Waals surface area contributed by atoms with Gasteiger partial charge in [0.2, 0.25) is 6.35 Å². The van der Waals surface area contributed by atoms with E-state index in [1.807, 2.05) is 48.0 Å². The number of fused-ring (bicyclic) bond motifs is 5. The highest BCUT2D eigenvalue weighted by atomic mass is 32.1. The summed E-state index contributed by atoms with van der Waals surface area (Å²) in [5.74, 6) is 0. The maximum Gasteiger partial charge on any atom is 0.291 e. The van der Waals surface area contributed by atoms with E-state index < -0.39 is 6.35 Å². The average Bonchev–Trinajstić information content (AvgIpc) is 3.61. The molecule has 10 nitrogen and oxygen atoms in total. The summed E-state index contributed by atoms with van der Waals surface area (Å²) in [6.45, 7) is 0.356. The number of H-pyrrole nitrogens is 1. The van der Waals surface area contributed by atoms with Crippen LogP contribution >= 0.6 is 11.3 Å². The van der Waals surface area contributed by atoms with Crippen LogP contribution in [0.2, 0.25) is 0 Å². The lowest BCUT2D eigenvalue weighted by molar-refractivity contribution is 0.238. The molecule has 1 unspecified atom stereocenters. The van der Waals surface area contributed by atoms with Crippen molar-refractivity contribution in [3.8, 4) is 0 Å². The zero-order valence-corrected chi connectivity index (χ0v) is 19.4. The Morgan fingerprint density at radius 1 is 1.09 bits per heavy atom. The molecular weight excluding hydrogens is 464 g/mol. The van der Waals surface area contributed by atoms with Gasteiger partial charge in [-0.3, -0.25) is 9.89 Å². The minimum Gasteiger partial charge on any atom is -0.357 e. The number of rotatable bonds is 4. The van der Waals surface area contributed by atoms with E-state index in [4.69, 9.17) is 4.98 Å². The molecule has 4 aromatic heterocycles. The van der Waals surface area contributed by atoms with E-state index in [-0.39, 0.29) is 5.56 Å². The van der Waals surface area contributed by atoms with Crippen molar-refractivity contribution in [2.24, 2.45) is 7.05 Å². The molecule has 6 aromatic rings. The highest BCUT2D eigenvalue weighted by molar-refractivity contribution is 7.19. The van der Waals surface area contributed by atoms with Crippen LogP contribution in [-0.2, 0) is 20.0 Å². The molecule has 0 radical (unpaired) electrons. The van der Waals surface area contributed by atoms with Crippen molar-refractivity contribution in [1.29, 1.82) is 0 Å². The first-order chi connectivity index (χ1) is 17.1. The van der Waals surface area contributed by atoms with Gasteiger partial charge in [-0.15, -0.1) is 11.3 Å². The Balaban J connectivity index is 1.28. The van der Waals surface area contributed by atoms with Gasteiger partial charge in [-0.25, -0.2) is 9.67 Å². The molecule has 0 bridgehead atoms. The summed E-state index contributed by atoms with van der Waals surface area (Å²) >= 11 is 1.57. The van der Waals surface area contributed by atoms with Crippen LogP contribution in [0.1, 0.15) is 16.1 Å². The van der Waals surface area contributed by atoms with Gasteiger partial charge in [-0.2, -0.15) is 10.2 Å². The second kappa shape index (κ2) is 7.39. The standard InChI is InChI=1S/C24H20N8O2S/c1-31-20-15(10-26-32(23(20)33)11-13-5-3-6-16-14(13)9-25-30-16)21-22(31)28-18(35-21)8-12-4-2-7-17-19(12)29-24(34)27-17/h2-7,9-10,24,27,29,34H,8,11H2,1H3,(H,25,30). The van der Waals surface area contributed by atoms with Crippen LogP contribution in [0.15, 0.2) is 53.6 Å². The predicted octanol–water partition coefficient (Wildman–Crippen LogP) is 2.97. The van der Waals surface area contributed by atoms with E-state index in [0.717, 1.165) is 54.1 Å². The number of aromatic amines is 1. The number of para-hydroxylation sites is 1. The van der Waals surface area contributed by atoms with Crippen LogP contribution in [-0.4, -0.2) is 41.0 Å². The Morgan fingerprint density at radius 2 is 1.94 bits per heavy atom. The summed E-state index contributed by atoms with van der Waals surface area (Å²) in [6.07, 6.45) is 3.36. The van der Waals surface area contributed by atoms with E-state index in [1.165, 1.54) is 4.68 Å². The first kappa shape index (κ1) is 20.2. The van der Waals surface area contributed by atoms with Crippen LogP contribution < -0.4 is 16.2 Å². The van der Waals surface area contributed by atoms with E-state index >= 15 is 0 Å². The zero-order valence-electron chi connectivity index (χ0n) is 18.6. The molecule has 0 amide bonds. The topological polar surface area (TPSA) is 126 Å². The van der Waals surface area contributed by atoms with Gasteiger partial charge in [-0.1, -0.05) is 24.3 Å². The van der Waals surface area contributed by atoms with Gasteiger partial charge >= 0.3 is 0 Å².